The van der Waals surface area contributed by atoms with Gasteiger partial charge in [0, 0.05) is 11.6 Å². The van der Waals surface area contributed by atoms with Gasteiger partial charge in [-0.05, 0) is 12.0 Å². The highest BCUT2D eigenvalue weighted by atomic mass is 32.2. The molecule has 2 heterocycles. The summed E-state index contributed by atoms with van der Waals surface area (Å²) in [7, 11) is -3.70. The molecule has 21 heavy (non-hydrogen) atoms. The van der Waals surface area contributed by atoms with E-state index in [0.717, 1.165) is 11.5 Å². The van der Waals surface area contributed by atoms with Crippen molar-refractivity contribution in [1.82, 2.24) is 15.0 Å². The second kappa shape index (κ2) is 6.23. The highest BCUT2D eigenvalue weighted by Gasteiger charge is 2.21. The molecule has 0 aliphatic rings. The molecule has 0 aliphatic carbocycles. The number of hydrogen-bond donors (Lipinski definition) is 2. The molecule has 0 spiro atoms. The summed E-state index contributed by atoms with van der Waals surface area (Å²) in [5.41, 5.74) is 0.389. The summed E-state index contributed by atoms with van der Waals surface area (Å²) in [6, 6.07) is 0. The van der Waals surface area contributed by atoms with Gasteiger partial charge in [0.25, 0.3) is 0 Å². The van der Waals surface area contributed by atoms with Crippen LogP contribution in [0, 0.1) is 5.92 Å². The van der Waals surface area contributed by atoms with Gasteiger partial charge in [0.2, 0.25) is 15.7 Å². The molecule has 7 nitrogen and oxygen atoms in total. The molecular formula is C13H17N3O4S. The fourth-order valence-corrected chi connectivity index (χ4v) is 2.91. The van der Waals surface area contributed by atoms with Gasteiger partial charge in [0.15, 0.2) is 0 Å². The van der Waals surface area contributed by atoms with Crippen LogP contribution in [-0.4, -0.2) is 41.7 Å². The van der Waals surface area contributed by atoms with Crippen LogP contribution in [0.3, 0.4) is 0 Å². The first-order chi connectivity index (χ1) is 9.95. The molecule has 0 fully saturated rings. The zero-order chi connectivity index (χ0) is 15.5. The van der Waals surface area contributed by atoms with E-state index in [1.807, 2.05) is 13.8 Å². The molecule has 0 unspecified atom stereocenters. The molecule has 0 bridgehead atoms. The molecule has 0 amide bonds. The van der Waals surface area contributed by atoms with Crippen LogP contribution in [-0.2, 0) is 9.84 Å². The Balaban J connectivity index is 2.53. The van der Waals surface area contributed by atoms with Gasteiger partial charge in [-0.15, -0.1) is 0 Å². The first-order valence-electron chi connectivity index (χ1n) is 6.43. The second-order valence-corrected chi connectivity index (χ2v) is 6.66. The number of hydrogen-bond acceptors (Lipinski definition) is 6. The average Bonchev–Trinajstić information content (AvgIpc) is 2.88. The zero-order valence-corrected chi connectivity index (χ0v) is 12.6. The summed E-state index contributed by atoms with van der Waals surface area (Å²) >= 11 is 0. The predicted molar refractivity (Wildman–Crippen MR) is 77.6 cm³/mol. The maximum Gasteiger partial charge on any atom is 0.227 e. The Kier molecular flexibility index (Phi) is 4.59. The fraction of sp³-hybridized carbons (Fsp3) is 0.385. The maximum atomic E-state index is 12.2. The largest absolute Gasteiger partial charge is 0.477 e. The highest BCUT2D eigenvalue weighted by molar-refractivity contribution is 7.94. The van der Waals surface area contributed by atoms with E-state index in [0.29, 0.717) is 17.6 Å². The fourth-order valence-electron chi connectivity index (χ4n) is 1.73. The van der Waals surface area contributed by atoms with Gasteiger partial charge in [-0.2, -0.15) is 0 Å². The number of aliphatic hydroxyl groups is 1. The van der Waals surface area contributed by atoms with Crippen LogP contribution in [0.1, 0.15) is 13.8 Å². The summed E-state index contributed by atoms with van der Waals surface area (Å²) in [4.78, 5) is 10.8. The van der Waals surface area contributed by atoms with Crippen LogP contribution < -0.4 is 4.74 Å². The number of aliphatic hydroxyl groups excluding tert-OH is 1. The van der Waals surface area contributed by atoms with Gasteiger partial charge in [0.05, 0.1) is 18.6 Å². The first-order valence-corrected chi connectivity index (χ1v) is 7.97. The number of rotatable bonds is 6. The maximum absolute atomic E-state index is 12.2. The van der Waals surface area contributed by atoms with Crippen LogP contribution in [0.2, 0.25) is 0 Å². The van der Waals surface area contributed by atoms with Crippen molar-refractivity contribution in [3.63, 3.8) is 0 Å². The van der Waals surface area contributed by atoms with E-state index in [-0.39, 0.29) is 23.3 Å². The Hall–Kier alpha value is -1.93. The molecule has 0 radical (unpaired) electrons. The second-order valence-electron chi connectivity index (χ2n) is 4.86. The first kappa shape index (κ1) is 15.5. The zero-order valence-electron chi connectivity index (χ0n) is 11.8. The van der Waals surface area contributed by atoms with Crippen molar-refractivity contribution >= 4 is 20.9 Å². The summed E-state index contributed by atoms with van der Waals surface area (Å²) in [5.74, 6) is 0.509. The number of sulfone groups is 1. The van der Waals surface area contributed by atoms with Crippen LogP contribution in [0.15, 0.2) is 28.9 Å². The molecule has 8 heteroatoms. The molecule has 0 atom stereocenters. The third-order valence-corrected chi connectivity index (χ3v) is 4.13. The van der Waals surface area contributed by atoms with Crippen molar-refractivity contribution < 1.29 is 18.3 Å². The minimum Gasteiger partial charge on any atom is -0.477 e. The van der Waals surface area contributed by atoms with Gasteiger partial charge >= 0.3 is 0 Å². The van der Waals surface area contributed by atoms with Crippen molar-refractivity contribution in [2.45, 2.75) is 18.7 Å². The van der Waals surface area contributed by atoms with E-state index in [9.17, 15) is 8.42 Å². The molecule has 2 N–H and O–H groups in total. The van der Waals surface area contributed by atoms with Gasteiger partial charge in [-0.3, -0.25) is 0 Å². The lowest BCUT2D eigenvalue weighted by molar-refractivity contribution is 0.264. The van der Waals surface area contributed by atoms with Crippen LogP contribution >= 0.6 is 0 Å². The van der Waals surface area contributed by atoms with Crippen molar-refractivity contribution in [3.05, 3.63) is 24.0 Å². The SMILES string of the molecule is CC(C)COc1ncnc2[nH]cc(S(=O)(=O)C=CCO)c12. The van der Waals surface area contributed by atoms with Gasteiger partial charge in [0.1, 0.15) is 16.9 Å². The monoisotopic (exact) mass is 311 g/mol. The van der Waals surface area contributed by atoms with Crippen LogP contribution in [0.5, 0.6) is 5.88 Å². The van der Waals surface area contributed by atoms with E-state index in [4.69, 9.17) is 9.84 Å². The lowest BCUT2D eigenvalue weighted by Crippen LogP contribution is -2.07. The molecule has 2 aromatic rings. The van der Waals surface area contributed by atoms with E-state index in [1.54, 1.807) is 0 Å². The van der Waals surface area contributed by atoms with Gasteiger partial charge in [-0.25, -0.2) is 18.4 Å². The molecule has 0 saturated heterocycles. The summed E-state index contributed by atoms with van der Waals surface area (Å²) in [6.45, 7) is 4.03. The molecule has 0 aromatic carbocycles. The van der Waals surface area contributed by atoms with E-state index >= 15 is 0 Å². The summed E-state index contributed by atoms with van der Waals surface area (Å²) in [6.07, 6.45) is 3.82. The Morgan fingerprint density at radius 2 is 2.19 bits per heavy atom. The van der Waals surface area contributed by atoms with Gasteiger partial charge in [-0.1, -0.05) is 13.8 Å². The van der Waals surface area contributed by atoms with Crippen molar-refractivity contribution in [2.24, 2.45) is 5.92 Å². The third-order valence-electron chi connectivity index (χ3n) is 2.64. The van der Waals surface area contributed by atoms with Crippen molar-refractivity contribution in [1.29, 1.82) is 0 Å². The number of H-pyrrole nitrogens is 1. The number of nitrogens with zero attached hydrogens (tertiary/aromatic N) is 2. The summed E-state index contributed by atoms with van der Waals surface area (Å²) in [5, 5.41) is 10.0. The van der Waals surface area contributed by atoms with E-state index in [1.165, 1.54) is 12.5 Å². The smallest absolute Gasteiger partial charge is 0.227 e. The van der Waals surface area contributed by atoms with Crippen molar-refractivity contribution in [2.75, 3.05) is 13.2 Å². The standard InChI is InChI=1S/C13H17N3O4S/c1-9(2)7-20-13-11-10(21(18,19)5-3-4-17)6-14-12(11)15-8-16-13/h3,5-6,8-9,17H,4,7H2,1-2H3,(H,14,15,16). The van der Waals surface area contributed by atoms with Crippen LogP contribution in [0.25, 0.3) is 11.0 Å². The molecule has 0 aliphatic heterocycles. The Bertz CT molecular complexity index is 750. The molecule has 114 valence electrons. The third kappa shape index (κ3) is 3.40. The van der Waals surface area contributed by atoms with Gasteiger partial charge < -0.3 is 14.8 Å². The Morgan fingerprint density at radius 1 is 1.43 bits per heavy atom. The van der Waals surface area contributed by atoms with Crippen molar-refractivity contribution in [3.8, 4) is 5.88 Å². The molecule has 0 saturated carbocycles. The number of fused-ring (bicyclic) bond motifs is 1. The van der Waals surface area contributed by atoms with E-state index < -0.39 is 9.84 Å². The number of ether oxygens (including phenoxy) is 1. The summed E-state index contributed by atoms with van der Waals surface area (Å²) < 4.78 is 30.0. The topological polar surface area (TPSA) is 105 Å². The Morgan fingerprint density at radius 3 is 2.86 bits per heavy atom. The highest BCUT2D eigenvalue weighted by Crippen LogP contribution is 2.29. The predicted octanol–water partition coefficient (Wildman–Crippen LogP) is 1.27. The molecular weight excluding hydrogens is 294 g/mol. The number of aromatic amines is 1. The quantitative estimate of drug-likeness (QED) is 0.832. The average molecular weight is 311 g/mol. The lowest BCUT2D eigenvalue weighted by Gasteiger charge is -2.08. The number of aromatic nitrogens is 3. The number of nitrogens with one attached hydrogen (secondary N) is 1. The Labute approximate surface area is 122 Å². The minimum atomic E-state index is -3.70. The molecule has 2 rings (SSSR count). The lowest BCUT2D eigenvalue weighted by atomic mass is 10.2. The minimum absolute atomic E-state index is 0.0292. The van der Waals surface area contributed by atoms with Crippen LogP contribution in [0.4, 0.5) is 0 Å². The normalized spacial score (nSPS) is 12.6. The molecule has 2 aromatic heterocycles. The van der Waals surface area contributed by atoms with E-state index in [2.05, 4.69) is 15.0 Å².